The largest absolute Gasteiger partial charge is 0.462 e. The number of piperazine rings is 1. The molecule has 3 aromatic heterocycles. The second-order valence-electron chi connectivity index (χ2n) is 11.3. The van der Waals surface area contributed by atoms with Gasteiger partial charge in [-0.3, -0.25) is 14.8 Å². The minimum absolute atomic E-state index is 0.105. The van der Waals surface area contributed by atoms with Gasteiger partial charge in [-0.2, -0.15) is 9.97 Å². The summed E-state index contributed by atoms with van der Waals surface area (Å²) < 4.78 is 22.6. The number of halogens is 1. The normalized spacial score (nSPS) is 20.8. The fourth-order valence-electron chi connectivity index (χ4n) is 6.45. The van der Waals surface area contributed by atoms with Gasteiger partial charge in [0.05, 0.1) is 5.39 Å². The lowest BCUT2D eigenvalue weighted by atomic mass is 9.89. The quantitative estimate of drug-likeness (QED) is 0.314. The molecule has 10 nitrogen and oxygen atoms in total. The van der Waals surface area contributed by atoms with Gasteiger partial charge < -0.3 is 24.3 Å². The molecule has 42 heavy (non-hydrogen) atoms. The maximum absolute atomic E-state index is 16.5. The van der Waals surface area contributed by atoms with Crippen molar-refractivity contribution in [1.29, 1.82) is 0 Å². The smallest absolute Gasteiger partial charge is 0.319 e. The standard InChI is InChI=1S/C31H35FN8O2/c1-4-26(41)40-13-12-39(18-22(40)15-33-2)30-25-17-35-28(24-16-34-14-20-8-5-6-10-23(20)24)27(32)29(25)36-31(37-30)42-19-21-9-7-11-38(21)3/h4,14,16-17,21-22H,1,5-13,15,18-19H2,3H3/t21-,22-/m0/s1. The van der Waals surface area contributed by atoms with E-state index < -0.39 is 5.82 Å². The molecule has 2 atom stereocenters. The molecule has 0 spiro atoms. The van der Waals surface area contributed by atoms with E-state index in [-0.39, 0.29) is 41.8 Å². The molecule has 0 saturated carbocycles. The van der Waals surface area contributed by atoms with Gasteiger partial charge in [-0.15, -0.1) is 0 Å². The van der Waals surface area contributed by atoms with Crippen LogP contribution in [0.4, 0.5) is 10.2 Å². The highest BCUT2D eigenvalue weighted by Crippen LogP contribution is 2.36. The van der Waals surface area contributed by atoms with Crippen LogP contribution in [0.15, 0.2) is 31.2 Å². The monoisotopic (exact) mass is 570 g/mol. The van der Waals surface area contributed by atoms with E-state index in [1.807, 2.05) is 11.1 Å². The third kappa shape index (κ3) is 5.27. The van der Waals surface area contributed by atoms with Crippen LogP contribution in [-0.4, -0.2) is 94.1 Å². The van der Waals surface area contributed by atoms with Crippen LogP contribution in [0.25, 0.3) is 27.0 Å². The molecule has 0 radical (unpaired) electrons. The first-order chi connectivity index (χ1) is 20.5. The molecule has 3 aliphatic rings. The van der Waals surface area contributed by atoms with Crippen molar-refractivity contribution in [3.05, 3.63) is 59.6 Å². The molecule has 2 fully saturated rings. The average molecular weight is 571 g/mol. The van der Waals surface area contributed by atoms with Gasteiger partial charge in [-0.05, 0) is 69.3 Å². The lowest BCUT2D eigenvalue weighted by Gasteiger charge is -2.39. The summed E-state index contributed by atoms with van der Waals surface area (Å²) >= 11 is 0. The van der Waals surface area contributed by atoms with Gasteiger partial charge in [-0.1, -0.05) is 6.58 Å². The number of aryl methyl sites for hydroxylation is 1. The number of nitrogens with zero attached hydrogens (tertiary/aromatic N) is 8. The third-order valence-electron chi connectivity index (χ3n) is 8.79. The summed E-state index contributed by atoms with van der Waals surface area (Å²) in [6.45, 7) is 13.8. The number of likely N-dealkylation sites (N-methyl/N-ethyl adjacent to an activating group) is 1. The van der Waals surface area contributed by atoms with Gasteiger partial charge in [-0.25, -0.2) is 11.0 Å². The van der Waals surface area contributed by atoms with Gasteiger partial charge in [0.1, 0.15) is 29.7 Å². The minimum Gasteiger partial charge on any atom is -0.462 e. The molecule has 2 saturated heterocycles. The molecule has 5 heterocycles. The molecule has 1 amide bonds. The molecule has 0 bridgehead atoms. The molecule has 0 aromatic carbocycles. The Kier molecular flexibility index (Phi) is 7.98. The molecule has 6 rings (SSSR count). The van der Waals surface area contributed by atoms with Gasteiger partial charge in [0.2, 0.25) is 12.5 Å². The summed E-state index contributed by atoms with van der Waals surface area (Å²) in [6, 6.07) is -0.0142. The third-order valence-corrected chi connectivity index (χ3v) is 8.79. The Labute approximate surface area is 245 Å². The number of carbonyl (C=O) groups excluding carboxylic acids is 1. The summed E-state index contributed by atoms with van der Waals surface area (Å²) in [5.74, 6) is -0.253. The van der Waals surface area contributed by atoms with Crippen molar-refractivity contribution in [3.63, 3.8) is 0 Å². The second-order valence-corrected chi connectivity index (χ2v) is 11.3. The van der Waals surface area contributed by atoms with Crippen molar-refractivity contribution in [2.24, 2.45) is 0 Å². The van der Waals surface area contributed by atoms with Crippen LogP contribution in [0.2, 0.25) is 0 Å². The number of carbonyl (C=O) groups is 1. The summed E-state index contributed by atoms with van der Waals surface area (Å²) in [5.41, 5.74) is 3.31. The van der Waals surface area contributed by atoms with E-state index >= 15 is 4.39 Å². The first-order valence-corrected chi connectivity index (χ1v) is 14.6. The number of amides is 1. The van der Waals surface area contributed by atoms with Crippen molar-refractivity contribution >= 4 is 22.6 Å². The van der Waals surface area contributed by atoms with Crippen molar-refractivity contribution < 1.29 is 13.9 Å². The van der Waals surface area contributed by atoms with E-state index in [4.69, 9.17) is 16.3 Å². The SMILES string of the molecule is [C-]#[N+]C[C@H]1CN(c2nc(OC[C@@H]3CCCN3C)nc3c(F)c(-c4cncc5c4CCCC5)ncc23)CCN1C(=O)C=C. The van der Waals surface area contributed by atoms with Crippen LogP contribution in [0.3, 0.4) is 0 Å². The maximum atomic E-state index is 16.5. The Morgan fingerprint density at radius 3 is 2.81 bits per heavy atom. The predicted octanol–water partition coefficient (Wildman–Crippen LogP) is 3.70. The van der Waals surface area contributed by atoms with Crippen LogP contribution < -0.4 is 9.64 Å². The van der Waals surface area contributed by atoms with Crippen molar-refractivity contribution in [1.82, 2.24) is 29.7 Å². The fourth-order valence-corrected chi connectivity index (χ4v) is 6.45. The number of hydrogen-bond donors (Lipinski definition) is 0. The summed E-state index contributed by atoms with van der Waals surface area (Å²) in [6.07, 6.45) is 12.5. The number of ether oxygens (including phenoxy) is 1. The number of fused-ring (bicyclic) bond motifs is 2. The first kappa shape index (κ1) is 28.0. The van der Waals surface area contributed by atoms with E-state index in [0.29, 0.717) is 43.0 Å². The first-order valence-electron chi connectivity index (χ1n) is 14.6. The van der Waals surface area contributed by atoms with E-state index in [1.165, 1.54) is 6.08 Å². The molecule has 1 aliphatic carbocycles. The van der Waals surface area contributed by atoms with Crippen molar-refractivity contribution in [2.45, 2.75) is 50.6 Å². The molecule has 0 unspecified atom stereocenters. The average Bonchev–Trinajstić information content (AvgIpc) is 3.44. The second kappa shape index (κ2) is 12.0. The Hall–Kier alpha value is -4.17. The molecule has 2 aliphatic heterocycles. The number of hydrogen-bond acceptors (Lipinski definition) is 8. The summed E-state index contributed by atoms with van der Waals surface area (Å²) in [5, 5.41) is 0.462. The topological polar surface area (TPSA) is 91.9 Å². The number of rotatable bonds is 7. The van der Waals surface area contributed by atoms with E-state index in [2.05, 4.69) is 38.3 Å². The Morgan fingerprint density at radius 1 is 1.17 bits per heavy atom. The Bertz CT molecular complexity index is 1560. The number of likely N-dealkylation sites (tertiary alicyclic amines) is 1. The van der Waals surface area contributed by atoms with Gasteiger partial charge in [0, 0.05) is 49.8 Å². The van der Waals surface area contributed by atoms with E-state index in [9.17, 15) is 4.79 Å². The molecule has 11 heteroatoms. The van der Waals surface area contributed by atoms with Gasteiger partial charge in [0.25, 0.3) is 0 Å². The fraction of sp³-hybridized carbons (Fsp3) is 0.484. The van der Waals surface area contributed by atoms with Crippen LogP contribution in [-0.2, 0) is 17.6 Å². The zero-order valence-corrected chi connectivity index (χ0v) is 23.9. The van der Waals surface area contributed by atoms with E-state index in [0.717, 1.165) is 56.2 Å². The van der Waals surface area contributed by atoms with Crippen LogP contribution in [0.1, 0.15) is 36.8 Å². The number of anilines is 1. The molecule has 0 N–H and O–H groups in total. The highest BCUT2D eigenvalue weighted by atomic mass is 19.1. The number of pyridine rings is 2. The van der Waals surface area contributed by atoms with Crippen LogP contribution >= 0.6 is 0 Å². The molecule has 218 valence electrons. The summed E-state index contributed by atoms with van der Waals surface area (Å²) in [4.78, 5) is 40.3. The molecule has 3 aromatic rings. The zero-order valence-electron chi connectivity index (χ0n) is 23.9. The van der Waals surface area contributed by atoms with Gasteiger partial charge >= 0.3 is 6.01 Å². The zero-order chi connectivity index (χ0) is 29.2. The minimum atomic E-state index is -0.530. The van der Waals surface area contributed by atoms with Crippen molar-refractivity contribution in [3.8, 4) is 17.3 Å². The summed E-state index contributed by atoms with van der Waals surface area (Å²) in [7, 11) is 2.07. The maximum Gasteiger partial charge on any atom is 0.319 e. The Morgan fingerprint density at radius 2 is 2.02 bits per heavy atom. The highest BCUT2D eigenvalue weighted by molar-refractivity contribution is 5.92. The highest BCUT2D eigenvalue weighted by Gasteiger charge is 2.34. The van der Waals surface area contributed by atoms with Crippen molar-refractivity contribution in [2.75, 3.05) is 51.3 Å². The van der Waals surface area contributed by atoms with Gasteiger partial charge in [0.15, 0.2) is 5.82 Å². The van der Waals surface area contributed by atoms with Crippen LogP contribution in [0.5, 0.6) is 6.01 Å². The predicted molar refractivity (Wildman–Crippen MR) is 158 cm³/mol. The molecular weight excluding hydrogens is 535 g/mol. The Balaban J connectivity index is 1.42. The van der Waals surface area contributed by atoms with E-state index in [1.54, 1.807) is 17.3 Å². The molecular formula is C31H35FN8O2. The number of aromatic nitrogens is 4. The lowest BCUT2D eigenvalue weighted by Crippen LogP contribution is -2.56. The lowest BCUT2D eigenvalue weighted by molar-refractivity contribution is -0.128. The van der Waals surface area contributed by atoms with Crippen LogP contribution in [0, 0.1) is 12.4 Å².